The summed E-state index contributed by atoms with van der Waals surface area (Å²) < 4.78 is 7.04. The molecule has 2 heterocycles. The number of nitrogens with zero attached hydrogens (tertiary/aromatic N) is 1. The molecule has 0 bridgehead atoms. The number of Topliss-reactive ketones (excluding diaryl/α,β-unsaturated/α-hetero) is 1. The highest BCUT2D eigenvalue weighted by Gasteiger charge is 2.27. The van der Waals surface area contributed by atoms with Crippen molar-refractivity contribution in [2.75, 3.05) is 7.11 Å². The third-order valence-electron chi connectivity index (χ3n) is 6.04. The monoisotopic (exact) mass is 460 g/mol. The number of fused-ring (bicyclic) bond motifs is 1. The minimum absolute atomic E-state index is 0.322. The molecule has 0 spiro atoms. The minimum atomic E-state index is -0.665. The van der Waals surface area contributed by atoms with Crippen LogP contribution in [0.15, 0.2) is 115 Å². The normalized spacial score (nSPS) is 10.9. The summed E-state index contributed by atoms with van der Waals surface area (Å²) in [5.74, 6) is -0.545. The van der Waals surface area contributed by atoms with Crippen molar-refractivity contribution in [2.45, 2.75) is 6.04 Å². The topological polar surface area (TPSA) is 59.8 Å². The first-order valence-corrected chi connectivity index (χ1v) is 11.4. The number of hydrogen-bond acceptors (Lipinski definition) is 3. The first-order valence-electron chi connectivity index (χ1n) is 11.4. The summed E-state index contributed by atoms with van der Waals surface area (Å²) in [6.45, 7) is 0. The first kappa shape index (κ1) is 22.2. The molecule has 35 heavy (non-hydrogen) atoms. The number of hydrogen-bond donors (Lipinski definition) is 1. The lowest BCUT2D eigenvalue weighted by Crippen LogP contribution is -2.35. The summed E-state index contributed by atoms with van der Waals surface area (Å²) in [6.07, 6.45) is 1.80. The fourth-order valence-corrected chi connectivity index (χ4v) is 4.30. The molecule has 0 atom stereocenters. The van der Waals surface area contributed by atoms with Crippen LogP contribution in [0.2, 0.25) is 0 Å². The quantitative estimate of drug-likeness (QED) is 0.250. The molecule has 3 aromatic carbocycles. The number of carbonyl (C=O) groups is 2. The third kappa shape index (κ3) is 4.44. The number of benzene rings is 3. The molecule has 0 radical (unpaired) electrons. The molecule has 5 heteroatoms. The van der Waals surface area contributed by atoms with Gasteiger partial charge in [0.1, 0.15) is 11.4 Å². The number of carbonyl (C=O) groups excluding carboxylic acids is 2. The van der Waals surface area contributed by atoms with E-state index in [0.29, 0.717) is 11.3 Å². The van der Waals surface area contributed by atoms with Crippen molar-refractivity contribution in [3.8, 4) is 16.9 Å². The number of rotatable bonds is 7. The van der Waals surface area contributed by atoms with Crippen molar-refractivity contribution < 1.29 is 14.3 Å². The number of aromatic nitrogens is 1. The van der Waals surface area contributed by atoms with Gasteiger partial charge in [0.05, 0.1) is 13.2 Å². The van der Waals surface area contributed by atoms with Gasteiger partial charge in [-0.15, -0.1) is 0 Å². The summed E-state index contributed by atoms with van der Waals surface area (Å²) in [4.78, 5) is 27.1. The summed E-state index contributed by atoms with van der Waals surface area (Å²) >= 11 is 0. The zero-order valence-electron chi connectivity index (χ0n) is 19.2. The van der Waals surface area contributed by atoms with Crippen molar-refractivity contribution in [1.29, 1.82) is 0 Å². The lowest BCUT2D eigenvalue weighted by Gasteiger charge is -2.19. The molecule has 172 valence electrons. The van der Waals surface area contributed by atoms with Gasteiger partial charge in [-0.3, -0.25) is 9.59 Å². The van der Waals surface area contributed by atoms with E-state index >= 15 is 0 Å². The highest BCUT2D eigenvalue weighted by atomic mass is 16.5. The van der Waals surface area contributed by atoms with E-state index in [9.17, 15) is 9.59 Å². The van der Waals surface area contributed by atoms with Crippen LogP contribution in [0, 0.1) is 0 Å². The van der Waals surface area contributed by atoms with E-state index in [1.54, 1.807) is 17.7 Å². The SMILES string of the molecule is COc1ccc(-c2cc3ccccn3c2C(=O)C(=O)NC(c2ccccc2)c2ccccc2)cc1. The van der Waals surface area contributed by atoms with Crippen LogP contribution in [0.1, 0.15) is 27.7 Å². The Morgan fingerprint density at radius 1 is 0.771 bits per heavy atom. The van der Waals surface area contributed by atoms with Gasteiger partial charge < -0.3 is 14.5 Å². The predicted octanol–water partition coefficient (Wildman–Crippen LogP) is 5.70. The van der Waals surface area contributed by atoms with E-state index in [1.807, 2.05) is 109 Å². The van der Waals surface area contributed by atoms with Gasteiger partial charge in [0.2, 0.25) is 0 Å². The molecule has 0 fully saturated rings. The molecule has 5 rings (SSSR count). The Hall–Kier alpha value is -4.64. The summed E-state index contributed by atoms with van der Waals surface area (Å²) in [7, 11) is 1.61. The van der Waals surface area contributed by atoms with Crippen LogP contribution in [0.4, 0.5) is 0 Å². The molecule has 1 amide bonds. The van der Waals surface area contributed by atoms with Crippen molar-refractivity contribution >= 4 is 17.2 Å². The fourth-order valence-electron chi connectivity index (χ4n) is 4.30. The van der Waals surface area contributed by atoms with Crippen LogP contribution in [0.5, 0.6) is 5.75 Å². The minimum Gasteiger partial charge on any atom is -0.497 e. The Morgan fingerprint density at radius 2 is 1.37 bits per heavy atom. The van der Waals surface area contributed by atoms with E-state index in [0.717, 1.165) is 28.0 Å². The fraction of sp³-hybridized carbons (Fsp3) is 0.0667. The third-order valence-corrected chi connectivity index (χ3v) is 6.04. The van der Waals surface area contributed by atoms with E-state index < -0.39 is 17.7 Å². The summed E-state index contributed by atoms with van der Waals surface area (Å²) in [5.41, 5.74) is 4.47. The maximum atomic E-state index is 13.7. The van der Waals surface area contributed by atoms with Crippen LogP contribution >= 0.6 is 0 Å². The second kappa shape index (κ2) is 9.69. The lowest BCUT2D eigenvalue weighted by molar-refractivity contribution is -0.117. The predicted molar refractivity (Wildman–Crippen MR) is 137 cm³/mol. The Balaban J connectivity index is 1.54. The Labute approximate surface area is 203 Å². The van der Waals surface area contributed by atoms with Crippen LogP contribution in [0.25, 0.3) is 16.6 Å². The van der Waals surface area contributed by atoms with E-state index in [4.69, 9.17) is 4.74 Å². The number of amides is 1. The molecule has 1 N–H and O–H groups in total. The molecular formula is C30H24N2O3. The van der Waals surface area contributed by atoms with Gasteiger partial charge in [-0.25, -0.2) is 0 Å². The number of methoxy groups -OCH3 is 1. The van der Waals surface area contributed by atoms with Gasteiger partial charge in [0.15, 0.2) is 0 Å². The Kier molecular flexibility index (Phi) is 6.14. The number of pyridine rings is 1. The lowest BCUT2D eigenvalue weighted by atomic mass is 9.98. The molecule has 5 aromatic rings. The average molecular weight is 461 g/mol. The Morgan fingerprint density at radius 3 is 1.97 bits per heavy atom. The molecule has 0 aliphatic rings. The second-order valence-corrected chi connectivity index (χ2v) is 8.19. The molecule has 0 aliphatic carbocycles. The maximum absolute atomic E-state index is 13.7. The van der Waals surface area contributed by atoms with Gasteiger partial charge in [-0.05, 0) is 47.0 Å². The van der Waals surface area contributed by atoms with Crippen molar-refractivity contribution in [3.05, 3.63) is 132 Å². The van der Waals surface area contributed by atoms with Crippen LogP contribution in [-0.4, -0.2) is 23.2 Å². The van der Waals surface area contributed by atoms with Crippen molar-refractivity contribution in [3.63, 3.8) is 0 Å². The molecule has 2 aromatic heterocycles. The van der Waals surface area contributed by atoms with Crippen molar-refractivity contribution in [1.82, 2.24) is 9.72 Å². The van der Waals surface area contributed by atoms with Gasteiger partial charge in [-0.2, -0.15) is 0 Å². The zero-order chi connectivity index (χ0) is 24.2. The molecule has 0 saturated heterocycles. The van der Waals surface area contributed by atoms with Gasteiger partial charge in [0, 0.05) is 17.3 Å². The van der Waals surface area contributed by atoms with Gasteiger partial charge >= 0.3 is 0 Å². The highest BCUT2D eigenvalue weighted by molar-refractivity contribution is 6.43. The Bertz CT molecular complexity index is 1430. The van der Waals surface area contributed by atoms with Gasteiger partial charge in [-0.1, -0.05) is 78.9 Å². The van der Waals surface area contributed by atoms with Crippen LogP contribution in [0.3, 0.4) is 0 Å². The zero-order valence-corrected chi connectivity index (χ0v) is 19.2. The smallest absolute Gasteiger partial charge is 0.294 e. The van der Waals surface area contributed by atoms with E-state index in [-0.39, 0.29) is 0 Å². The first-order chi connectivity index (χ1) is 17.2. The molecule has 0 unspecified atom stereocenters. The number of ether oxygens (including phenoxy) is 1. The number of ketones is 1. The van der Waals surface area contributed by atoms with E-state index in [2.05, 4.69) is 5.32 Å². The molecule has 0 aliphatic heterocycles. The number of nitrogens with one attached hydrogen (secondary N) is 1. The molecular weight excluding hydrogens is 436 g/mol. The summed E-state index contributed by atoms with van der Waals surface area (Å²) in [6, 6.07) is 33.9. The summed E-state index contributed by atoms with van der Waals surface area (Å²) in [5, 5.41) is 2.98. The van der Waals surface area contributed by atoms with Crippen LogP contribution in [-0.2, 0) is 4.79 Å². The average Bonchev–Trinajstić information content (AvgIpc) is 3.31. The molecule has 0 saturated carbocycles. The standard InChI is InChI=1S/C30H24N2O3/c1-35-25-17-15-21(16-18-25)26-20-24-14-8-9-19-32(24)28(26)29(33)30(34)31-27(22-10-4-2-5-11-22)23-12-6-3-7-13-23/h2-20,27H,1H3,(H,31,34). The van der Waals surface area contributed by atoms with E-state index in [1.165, 1.54) is 0 Å². The van der Waals surface area contributed by atoms with Crippen LogP contribution < -0.4 is 10.1 Å². The van der Waals surface area contributed by atoms with Gasteiger partial charge in [0.25, 0.3) is 11.7 Å². The highest BCUT2D eigenvalue weighted by Crippen LogP contribution is 2.30. The van der Waals surface area contributed by atoms with Crippen molar-refractivity contribution in [2.24, 2.45) is 0 Å². The largest absolute Gasteiger partial charge is 0.497 e. The maximum Gasteiger partial charge on any atom is 0.294 e. The second-order valence-electron chi connectivity index (χ2n) is 8.19. The molecule has 5 nitrogen and oxygen atoms in total.